The average molecular weight is 323 g/mol. The van der Waals surface area contributed by atoms with Gasteiger partial charge in [-0.1, -0.05) is 24.3 Å². The summed E-state index contributed by atoms with van der Waals surface area (Å²) < 4.78 is 27.2. The molecule has 0 N–H and O–H groups in total. The summed E-state index contributed by atoms with van der Waals surface area (Å²) >= 11 is 0. The average Bonchev–Trinajstić information content (AvgIpc) is 2.56. The van der Waals surface area contributed by atoms with Gasteiger partial charge in [0.25, 0.3) is 0 Å². The fourth-order valence-electron chi connectivity index (χ4n) is 3.14. The second kappa shape index (κ2) is 5.16. The van der Waals surface area contributed by atoms with Gasteiger partial charge in [0.05, 0.1) is 11.3 Å². The van der Waals surface area contributed by atoms with Crippen LogP contribution in [0.2, 0.25) is 0 Å². The third kappa shape index (κ3) is 2.37. The maximum atomic E-state index is 13.8. The molecule has 0 saturated heterocycles. The first-order valence-electron chi connectivity index (χ1n) is 7.74. The lowest BCUT2D eigenvalue weighted by Crippen LogP contribution is -2.29. The van der Waals surface area contributed by atoms with Crippen molar-refractivity contribution < 1.29 is 8.78 Å². The molecule has 0 bridgehead atoms. The highest BCUT2D eigenvalue weighted by atomic mass is 19.2. The lowest BCUT2D eigenvalue weighted by atomic mass is 9.86. The summed E-state index contributed by atoms with van der Waals surface area (Å²) in [6.07, 6.45) is 0.841. The molecule has 1 aromatic heterocycles. The van der Waals surface area contributed by atoms with Gasteiger partial charge < -0.3 is 0 Å². The van der Waals surface area contributed by atoms with Crippen molar-refractivity contribution in [1.29, 1.82) is 0 Å². The number of aliphatic imine (C=N–C) groups is 1. The zero-order chi connectivity index (χ0) is 16.9. The Bertz CT molecular complexity index is 993. The van der Waals surface area contributed by atoms with E-state index in [1.165, 1.54) is 11.6 Å². The number of fused-ring (bicyclic) bond motifs is 2. The molecule has 0 unspecified atom stereocenters. The van der Waals surface area contributed by atoms with Gasteiger partial charge in [-0.25, -0.2) is 8.78 Å². The summed E-state index contributed by atoms with van der Waals surface area (Å²) in [4.78, 5) is 4.82. The minimum absolute atomic E-state index is 0.0669. The van der Waals surface area contributed by atoms with Gasteiger partial charge in [-0.05, 0) is 44.0 Å². The molecular weight excluding hydrogens is 308 g/mol. The minimum Gasteiger partial charge on any atom is -0.276 e. The minimum atomic E-state index is -0.974. The van der Waals surface area contributed by atoms with E-state index < -0.39 is 11.6 Å². The van der Waals surface area contributed by atoms with Crippen LogP contribution in [0.3, 0.4) is 0 Å². The van der Waals surface area contributed by atoms with E-state index in [9.17, 15) is 8.78 Å². The van der Waals surface area contributed by atoms with Crippen molar-refractivity contribution in [3.63, 3.8) is 0 Å². The first-order chi connectivity index (χ1) is 11.4. The van der Waals surface area contributed by atoms with Crippen molar-refractivity contribution in [3.8, 4) is 0 Å². The van der Waals surface area contributed by atoms with Crippen molar-refractivity contribution in [2.45, 2.75) is 25.8 Å². The van der Waals surface area contributed by atoms with Crippen LogP contribution in [-0.2, 0) is 6.42 Å². The third-order valence-electron chi connectivity index (χ3n) is 4.20. The first-order valence-corrected chi connectivity index (χ1v) is 7.74. The Hall–Kier alpha value is -2.69. The molecule has 24 heavy (non-hydrogen) atoms. The topological polar surface area (TPSA) is 38.1 Å². The summed E-state index contributed by atoms with van der Waals surface area (Å²) in [7, 11) is 0. The Labute approximate surface area is 138 Å². The number of benzene rings is 2. The summed E-state index contributed by atoms with van der Waals surface area (Å²) in [6.45, 7) is 4.12. The van der Waals surface area contributed by atoms with Gasteiger partial charge in [-0.2, -0.15) is 0 Å². The summed E-state index contributed by atoms with van der Waals surface area (Å²) in [5.74, 6) is -1.90. The standard InChI is InChI=1S/C19H15F2N3/c1-19(2)10-12-5-3-4-6-13(12)18(22-19)15-9-11-7-8-14(20)16(21)17(11)24-23-15/h3-9H,10H2,1-2H3. The fraction of sp³-hybridized carbons (Fsp3) is 0.211. The Morgan fingerprint density at radius 2 is 1.79 bits per heavy atom. The molecule has 5 heteroatoms. The molecule has 120 valence electrons. The van der Waals surface area contributed by atoms with Crippen molar-refractivity contribution >= 4 is 16.6 Å². The monoisotopic (exact) mass is 323 g/mol. The van der Waals surface area contributed by atoms with Gasteiger partial charge >= 0.3 is 0 Å². The molecule has 2 aromatic carbocycles. The molecular formula is C19H15F2N3. The quantitative estimate of drug-likeness (QED) is 0.677. The van der Waals surface area contributed by atoms with Crippen molar-refractivity contribution in [2.24, 2.45) is 4.99 Å². The van der Waals surface area contributed by atoms with Crippen LogP contribution in [0, 0.1) is 11.6 Å². The third-order valence-corrected chi connectivity index (χ3v) is 4.20. The molecule has 2 heterocycles. The molecule has 0 amide bonds. The second-order valence-corrected chi connectivity index (χ2v) is 6.64. The van der Waals surface area contributed by atoms with Gasteiger partial charge in [0.15, 0.2) is 11.6 Å². The van der Waals surface area contributed by atoms with E-state index in [1.54, 1.807) is 6.07 Å². The predicted molar refractivity (Wildman–Crippen MR) is 89.3 cm³/mol. The maximum Gasteiger partial charge on any atom is 0.186 e. The van der Waals surface area contributed by atoms with Crippen LogP contribution < -0.4 is 0 Å². The molecule has 1 aliphatic heterocycles. The van der Waals surface area contributed by atoms with E-state index in [0.717, 1.165) is 23.8 Å². The number of rotatable bonds is 1. The number of hydrogen-bond acceptors (Lipinski definition) is 3. The summed E-state index contributed by atoms with van der Waals surface area (Å²) in [5.41, 5.74) is 3.18. The highest BCUT2D eigenvalue weighted by Gasteiger charge is 2.28. The molecule has 3 aromatic rings. The smallest absolute Gasteiger partial charge is 0.186 e. The van der Waals surface area contributed by atoms with E-state index in [4.69, 9.17) is 4.99 Å². The van der Waals surface area contributed by atoms with Crippen LogP contribution in [-0.4, -0.2) is 21.4 Å². The number of halogens is 2. The summed E-state index contributed by atoms with van der Waals surface area (Å²) in [5, 5.41) is 8.50. The van der Waals surface area contributed by atoms with Crippen LogP contribution >= 0.6 is 0 Å². The molecule has 0 radical (unpaired) electrons. The lowest BCUT2D eigenvalue weighted by Gasteiger charge is -2.28. The molecule has 4 rings (SSSR count). The second-order valence-electron chi connectivity index (χ2n) is 6.64. The van der Waals surface area contributed by atoms with Crippen LogP contribution in [0.4, 0.5) is 8.78 Å². The fourth-order valence-corrected chi connectivity index (χ4v) is 3.14. The highest BCUT2D eigenvalue weighted by molar-refractivity contribution is 6.14. The Kier molecular flexibility index (Phi) is 3.20. The maximum absolute atomic E-state index is 13.8. The Morgan fingerprint density at radius 3 is 2.62 bits per heavy atom. The van der Waals surface area contributed by atoms with Crippen LogP contribution in [0.25, 0.3) is 10.9 Å². The SMILES string of the molecule is CC1(C)Cc2ccccc2C(c2cc3ccc(F)c(F)c3nn2)=N1. The van der Waals surface area contributed by atoms with E-state index in [-0.39, 0.29) is 11.1 Å². The highest BCUT2D eigenvalue weighted by Crippen LogP contribution is 2.29. The zero-order valence-electron chi connectivity index (χ0n) is 13.3. The molecule has 1 aliphatic rings. The van der Waals surface area contributed by atoms with Crippen LogP contribution in [0.1, 0.15) is 30.7 Å². The van der Waals surface area contributed by atoms with E-state index in [2.05, 4.69) is 30.1 Å². The van der Waals surface area contributed by atoms with Crippen molar-refractivity contribution in [3.05, 3.63) is 70.9 Å². The van der Waals surface area contributed by atoms with E-state index in [1.807, 2.05) is 18.2 Å². The van der Waals surface area contributed by atoms with E-state index >= 15 is 0 Å². The first kappa shape index (κ1) is 14.9. The largest absolute Gasteiger partial charge is 0.276 e. The van der Waals surface area contributed by atoms with Crippen molar-refractivity contribution in [1.82, 2.24) is 10.2 Å². The molecule has 3 nitrogen and oxygen atoms in total. The van der Waals surface area contributed by atoms with Crippen LogP contribution in [0.5, 0.6) is 0 Å². The molecule has 0 spiro atoms. The van der Waals surface area contributed by atoms with Gasteiger partial charge in [0, 0.05) is 10.9 Å². The van der Waals surface area contributed by atoms with E-state index in [0.29, 0.717) is 11.1 Å². The van der Waals surface area contributed by atoms with Gasteiger partial charge in [0.2, 0.25) is 0 Å². The number of aromatic nitrogens is 2. The van der Waals surface area contributed by atoms with Crippen molar-refractivity contribution in [2.75, 3.05) is 0 Å². The molecule has 0 aliphatic carbocycles. The number of hydrogen-bond donors (Lipinski definition) is 0. The van der Waals surface area contributed by atoms with Gasteiger partial charge in [-0.3, -0.25) is 4.99 Å². The zero-order valence-corrected chi connectivity index (χ0v) is 13.3. The summed E-state index contributed by atoms with van der Waals surface area (Å²) in [6, 6.07) is 12.4. The Morgan fingerprint density at radius 1 is 1.00 bits per heavy atom. The van der Waals surface area contributed by atoms with Crippen LogP contribution in [0.15, 0.2) is 47.5 Å². The lowest BCUT2D eigenvalue weighted by molar-refractivity contribution is 0.512. The van der Waals surface area contributed by atoms with Gasteiger partial charge in [0.1, 0.15) is 11.2 Å². The predicted octanol–water partition coefficient (Wildman–Crippen LogP) is 4.08. The number of nitrogens with zero attached hydrogens (tertiary/aromatic N) is 3. The normalized spacial score (nSPS) is 15.9. The molecule has 0 saturated carbocycles. The molecule has 0 atom stereocenters. The Balaban J connectivity index is 1.93. The molecule has 0 fully saturated rings. The van der Waals surface area contributed by atoms with Gasteiger partial charge in [-0.15, -0.1) is 10.2 Å².